The van der Waals surface area contributed by atoms with E-state index < -0.39 is 5.91 Å². The maximum absolute atomic E-state index is 11.4. The van der Waals surface area contributed by atoms with E-state index >= 15 is 0 Å². The zero-order valence-corrected chi connectivity index (χ0v) is 10.8. The predicted octanol–water partition coefficient (Wildman–Crippen LogP) is 1.94. The van der Waals surface area contributed by atoms with Gasteiger partial charge in [-0.3, -0.25) is 9.48 Å². The molecule has 1 saturated carbocycles. The van der Waals surface area contributed by atoms with Crippen molar-refractivity contribution < 1.29 is 4.79 Å². The molecule has 2 N–H and O–H groups in total. The van der Waals surface area contributed by atoms with E-state index in [0.717, 1.165) is 23.4 Å². The molecule has 0 aromatic carbocycles. The van der Waals surface area contributed by atoms with Gasteiger partial charge in [0.15, 0.2) is 0 Å². The van der Waals surface area contributed by atoms with Crippen molar-refractivity contribution in [2.75, 3.05) is 0 Å². The van der Waals surface area contributed by atoms with E-state index in [9.17, 15) is 4.79 Å². The molecule has 2 heterocycles. The van der Waals surface area contributed by atoms with Crippen molar-refractivity contribution in [1.82, 2.24) is 14.8 Å². The van der Waals surface area contributed by atoms with Crippen LogP contribution in [0.5, 0.6) is 0 Å². The fourth-order valence-corrected chi connectivity index (χ4v) is 2.20. The number of pyridine rings is 1. The van der Waals surface area contributed by atoms with Gasteiger partial charge in [-0.25, -0.2) is 4.98 Å². The summed E-state index contributed by atoms with van der Waals surface area (Å²) in [7, 11) is 0. The lowest BCUT2D eigenvalue weighted by atomic mass is 10.1. The number of amides is 1. The second-order valence-corrected chi connectivity index (χ2v) is 4.84. The molecule has 1 fully saturated rings. The smallest absolute Gasteiger partial charge is 0.267 e. The fourth-order valence-electron chi connectivity index (χ4n) is 2.20. The highest BCUT2D eigenvalue weighted by Gasteiger charge is 2.26. The molecule has 1 aliphatic carbocycles. The Labute approximate surface area is 111 Å². The van der Waals surface area contributed by atoms with Gasteiger partial charge in [-0.05, 0) is 37.5 Å². The molecule has 0 saturated heterocycles. The number of hydrogen-bond donors (Lipinski definition) is 1. The largest absolute Gasteiger partial charge is 0.364 e. The van der Waals surface area contributed by atoms with E-state index in [1.165, 1.54) is 12.8 Å². The van der Waals surface area contributed by atoms with E-state index in [1.807, 2.05) is 23.7 Å². The van der Waals surface area contributed by atoms with Gasteiger partial charge in [0, 0.05) is 17.5 Å². The second-order valence-electron chi connectivity index (χ2n) is 4.84. The summed E-state index contributed by atoms with van der Waals surface area (Å²) in [6.45, 7) is 2.01. The summed E-state index contributed by atoms with van der Waals surface area (Å²) in [6, 6.07) is 6.22. The van der Waals surface area contributed by atoms with E-state index in [4.69, 9.17) is 5.73 Å². The van der Waals surface area contributed by atoms with E-state index in [2.05, 4.69) is 10.1 Å². The molecule has 1 amide bonds. The molecule has 1 aliphatic rings. The number of hydrogen-bond acceptors (Lipinski definition) is 3. The molecule has 5 nitrogen and oxygen atoms in total. The van der Waals surface area contributed by atoms with E-state index in [1.54, 1.807) is 12.3 Å². The SMILES string of the molecule is CCc1cc(-c2ccnn2C2CC2)cc(C(N)=O)n1. The van der Waals surface area contributed by atoms with Crippen molar-refractivity contribution in [3.8, 4) is 11.3 Å². The maximum atomic E-state index is 11.4. The Morgan fingerprint density at radius 1 is 1.47 bits per heavy atom. The topological polar surface area (TPSA) is 73.8 Å². The highest BCUT2D eigenvalue weighted by atomic mass is 16.1. The number of nitrogens with zero attached hydrogens (tertiary/aromatic N) is 3. The van der Waals surface area contributed by atoms with Crippen molar-refractivity contribution >= 4 is 5.91 Å². The lowest BCUT2D eigenvalue weighted by molar-refractivity contribution is 0.0995. The third-order valence-corrected chi connectivity index (χ3v) is 3.35. The van der Waals surface area contributed by atoms with Crippen LogP contribution in [-0.2, 0) is 6.42 Å². The molecule has 19 heavy (non-hydrogen) atoms. The molecule has 0 atom stereocenters. The van der Waals surface area contributed by atoms with Gasteiger partial charge >= 0.3 is 0 Å². The highest BCUT2D eigenvalue weighted by molar-refractivity contribution is 5.92. The van der Waals surface area contributed by atoms with Crippen molar-refractivity contribution in [2.24, 2.45) is 5.73 Å². The molecular weight excluding hydrogens is 240 g/mol. The third kappa shape index (κ3) is 2.23. The van der Waals surface area contributed by atoms with Crippen LogP contribution in [0.4, 0.5) is 0 Å². The Kier molecular flexibility index (Phi) is 2.81. The van der Waals surface area contributed by atoms with Crippen molar-refractivity contribution in [2.45, 2.75) is 32.2 Å². The number of carbonyl (C=O) groups is 1. The minimum absolute atomic E-state index is 0.317. The first-order valence-electron chi connectivity index (χ1n) is 6.53. The average Bonchev–Trinajstić information content (AvgIpc) is 3.15. The minimum atomic E-state index is -0.492. The summed E-state index contributed by atoms with van der Waals surface area (Å²) in [4.78, 5) is 15.6. The van der Waals surface area contributed by atoms with Crippen LogP contribution in [-0.4, -0.2) is 20.7 Å². The monoisotopic (exact) mass is 256 g/mol. The average molecular weight is 256 g/mol. The molecule has 0 bridgehead atoms. The van der Waals surface area contributed by atoms with Crippen LogP contribution >= 0.6 is 0 Å². The number of aromatic nitrogens is 3. The normalized spacial score (nSPS) is 14.6. The van der Waals surface area contributed by atoms with Crippen LogP contribution in [0.3, 0.4) is 0 Å². The summed E-state index contributed by atoms with van der Waals surface area (Å²) >= 11 is 0. The molecule has 0 spiro atoms. The number of carbonyl (C=O) groups excluding carboxylic acids is 1. The van der Waals surface area contributed by atoms with Gasteiger partial charge in [-0.1, -0.05) is 6.92 Å². The Hall–Kier alpha value is -2.17. The molecule has 2 aromatic rings. The van der Waals surface area contributed by atoms with Gasteiger partial charge in [-0.2, -0.15) is 5.10 Å². The number of primary amides is 1. The Morgan fingerprint density at radius 3 is 2.89 bits per heavy atom. The number of rotatable bonds is 4. The van der Waals surface area contributed by atoms with Crippen molar-refractivity contribution in [3.63, 3.8) is 0 Å². The van der Waals surface area contributed by atoms with Crippen LogP contribution in [0.1, 0.15) is 42.0 Å². The van der Waals surface area contributed by atoms with Gasteiger partial charge in [0.25, 0.3) is 5.91 Å². The molecule has 0 unspecified atom stereocenters. The number of aryl methyl sites for hydroxylation is 1. The third-order valence-electron chi connectivity index (χ3n) is 3.35. The molecule has 2 aromatic heterocycles. The highest BCUT2D eigenvalue weighted by Crippen LogP contribution is 2.37. The molecular formula is C14H16N4O. The Balaban J connectivity index is 2.10. The quantitative estimate of drug-likeness (QED) is 0.908. The zero-order valence-electron chi connectivity index (χ0n) is 10.8. The lowest BCUT2D eigenvalue weighted by Gasteiger charge is -2.09. The van der Waals surface area contributed by atoms with Crippen molar-refractivity contribution in [1.29, 1.82) is 0 Å². The predicted molar refractivity (Wildman–Crippen MR) is 71.6 cm³/mol. The first-order valence-corrected chi connectivity index (χ1v) is 6.53. The van der Waals surface area contributed by atoms with Crippen LogP contribution in [0.25, 0.3) is 11.3 Å². The fraction of sp³-hybridized carbons (Fsp3) is 0.357. The first-order chi connectivity index (χ1) is 9.19. The zero-order chi connectivity index (χ0) is 13.4. The van der Waals surface area contributed by atoms with Crippen LogP contribution in [0, 0.1) is 0 Å². The van der Waals surface area contributed by atoms with Gasteiger partial charge < -0.3 is 5.73 Å². The summed E-state index contributed by atoms with van der Waals surface area (Å²) in [5.74, 6) is -0.492. The van der Waals surface area contributed by atoms with Crippen LogP contribution in [0.15, 0.2) is 24.4 Å². The maximum Gasteiger partial charge on any atom is 0.267 e. The Bertz CT molecular complexity index is 628. The molecule has 3 rings (SSSR count). The summed E-state index contributed by atoms with van der Waals surface area (Å²) < 4.78 is 2.03. The molecule has 5 heteroatoms. The number of nitrogens with two attached hydrogens (primary N) is 1. The first kappa shape index (κ1) is 11.9. The van der Waals surface area contributed by atoms with E-state index in [-0.39, 0.29) is 0 Å². The van der Waals surface area contributed by atoms with Crippen LogP contribution < -0.4 is 5.73 Å². The molecule has 0 aliphatic heterocycles. The molecule has 98 valence electrons. The van der Waals surface area contributed by atoms with Gasteiger partial charge in [0.1, 0.15) is 5.69 Å². The van der Waals surface area contributed by atoms with Gasteiger partial charge in [0.05, 0.1) is 11.7 Å². The van der Waals surface area contributed by atoms with Gasteiger partial charge in [-0.15, -0.1) is 0 Å². The standard InChI is InChI=1S/C14H16N4O/c1-2-10-7-9(8-12(17-10)14(15)19)13-5-6-16-18(13)11-3-4-11/h5-8,11H,2-4H2,1H3,(H2,15,19). The summed E-state index contributed by atoms with van der Waals surface area (Å²) in [5.41, 5.74) is 8.53. The second kappa shape index (κ2) is 4.50. The minimum Gasteiger partial charge on any atom is -0.364 e. The van der Waals surface area contributed by atoms with Crippen LogP contribution in [0.2, 0.25) is 0 Å². The summed E-state index contributed by atoms with van der Waals surface area (Å²) in [5, 5.41) is 4.36. The lowest BCUT2D eigenvalue weighted by Crippen LogP contribution is -2.14. The van der Waals surface area contributed by atoms with Gasteiger partial charge in [0.2, 0.25) is 0 Å². The Morgan fingerprint density at radius 2 is 2.26 bits per heavy atom. The molecule has 0 radical (unpaired) electrons. The van der Waals surface area contributed by atoms with E-state index in [0.29, 0.717) is 11.7 Å². The van der Waals surface area contributed by atoms with Crippen molar-refractivity contribution in [3.05, 3.63) is 35.8 Å². The summed E-state index contributed by atoms with van der Waals surface area (Å²) in [6.07, 6.45) is 4.90.